The Morgan fingerprint density at radius 2 is 1.79 bits per heavy atom. The molecular weight excluding hydrogens is 360 g/mol. The maximum absolute atomic E-state index is 10.8. The number of methoxy groups -OCH3 is 1. The van der Waals surface area contributed by atoms with E-state index in [1.54, 1.807) is 34.8 Å². The Morgan fingerprint density at radius 1 is 1.07 bits per heavy atom. The van der Waals surface area contributed by atoms with E-state index >= 15 is 0 Å². The van der Waals surface area contributed by atoms with Gasteiger partial charge in [-0.1, -0.05) is 5.21 Å². The first-order valence-electron chi connectivity index (χ1n) is 8.44. The number of nitrogens with zero attached hydrogens (tertiary/aromatic N) is 6. The molecule has 0 aliphatic rings. The third-order valence-corrected chi connectivity index (χ3v) is 4.29. The molecule has 0 amide bonds. The van der Waals surface area contributed by atoms with Crippen molar-refractivity contribution in [3.05, 3.63) is 76.6 Å². The molecule has 0 bridgehead atoms. The Morgan fingerprint density at radius 3 is 2.43 bits per heavy atom. The highest BCUT2D eigenvalue weighted by Crippen LogP contribution is 2.22. The van der Waals surface area contributed by atoms with Gasteiger partial charge in [0.2, 0.25) is 0 Å². The second kappa shape index (κ2) is 6.95. The fourth-order valence-corrected chi connectivity index (χ4v) is 2.82. The molecule has 2 heterocycles. The Kier molecular flexibility index (Phi) is 4.32. The average molecular weight is 376 g/mol. The van der Waals surface area contributed by atoms with Gasteiger partial charge in [-0.05, 0) is 43.3 Å². The fourth-order valence-electron chi connectivity index (χ4n) is 2.82. The molecule has 0 saturated heterocycles. The van der Waals surface area contributed by atoms with Crippen LogP contribution >= 0.6 is 0 Å². The summed E-state index contributed by atoms with van der Waals surface area (Å²) in [5.41, 5.74) is 3.26. The molecule has 28 heavy (non-hydrogen) atoms. The van der Waals surface area contributed by atoms with Gasteiger partial charge in [-0.3, -0.25) is 10.1 Å². The number of nitro groups is 1. The van der Waals surface area contributed by atoms with E-state index in [1.807, 2.05) is 37.3 Å². The Labute approximate surface area is 160 Å². The van der Waals surface area contributed by atoms with E-state index in [-0.39, 0.29) is 5.69 Å². The number of aromatic nitrogens is 5. The molecule has 4 rings (SSSR count). The van der Waals surface area contributed by atoms with Crippen molar-refractivity contribution in [2.75, 3.05) is 7.11 Å². The molecule has 0 saturated carbocycles. The number of ether oxygens (including phenoxy) is 1. The van der Waals surface area contributed by atoms with Gasteiger partial charge in [0.1, 0.15) is 11.4 Å². The van der Waals surface area contributed by atoms with Crippen LogP contribution in [-0.2, 0) is 0 Å². The molecule has 0 aliphatic heterocycles. The molecule has 0 unspecified atom stereocenters. The van der Waals surface area contributed by atoms with Gasteiger partial charge in [0.05, 0.1) is 23.9 Å². The Balaban J connectivity index is 1.63. The lowest BCUT2D eigenvalue weighted by atomic mass is 10.2. The van der Waals surface area contributed by atoms with Gasteiger partial charge in [0.15, 0.2) is 5.82 Å². The van der Waals surface area contributed by atoms with E-state index in [9.17, 15) is 10.1 Å². The quantitative estimate of drug-likeness (QED) is 0.391. The number of aryl methyl sites for hydroxylation is 1. The summed E-state index contributed by atoms with van der Waals surface area (Å²) in [5.74, 6) is 1.37. The second-order valence-corrected chi connectivity index (χ2v) is 6.11. The summed E-state index contributed by atoms with van der Waals surface area (Å²) in [6.45, 7) is 1.90. The molecular formula is C19H16N6O3. The summed E-state index contributed by atoms with van der Waals surface area (Å²) in [5, 5.41) is 23.7. The van der Waals surface area contributed by atoms with Gasteiger partial charge >= 0.3 is 0 Å². The van der Waals surface area contributed by atoms with Crippen molar-refractivity contribution in [1.29, 1.82) is 0 Å². The van der Waals surface area contributed by atoms with Crippen LogP contribution in [0.2, 0.25) is 0 Å². The molecule has 140 valence electrons. The third-order valence-electron chi connectivity index (χ3n) is 4.29. The lowest BCUT2D eigenvalue weighted by Gasteiger charge is -2.03. The first-order valence-corrected chi connectivity index (χ1v) is 8.44. The second-order valence-electron chi connectivity index (χ2n) is 6.11. The largest absolute Gasteiger partial charge is 0.497 e. The Hall–Kier alpha value is -4.01. The zero-order valence-corrected chi connectivity index (χ0v) is 15.2. The van der Waals surface area contributed by atoms with E-state index in [2.05, 4.69) is 15.4 Å². The fraction of sp³-hybridized carbons (Fsp3) is 0.105. The molecule has 4 aromatic rings. The normalized spacial score (nSPS) is 10.8. The van der Waals surface area contributed by atoms with Crippen LogP contribution in [0.1, 0.15) is 5.69 Å². The summed E-state index contributed by atoms with van der Waals surface area (Å²) < 4.78 is 8.46. The van der Waals surface area contributed by atoms with Gasteiger partial charge in [0, 0.05) is 29.5 Å². The van der Waals surface area contributed by atoms with Crippen molar-refractivity contribution in [2.24, 2.45) is 0 Å². The van der Waals surface area contributed by atoms with E-state index in [0.29, 0.717) is 11.5 Å². The van der Waals surface area contributed by atoms with E-state index < -0.39 is 4.92 Å². The first-order chi connectivity index (χ1) is 13.5. The van der Waals surface area contributed by atoms with E-state index in [1.165, 1.54) is 12.1 Å². The summed E-state index contributed by atoms with van der Waals surface area (Å²) in [6.07, 6.45) is 1.80. The third kappa shape index (κ3) is 3.20. The summed E-state index contributed by atoms with van der Waals surface area (Å²) in [6, 6.07) is 15.6. The number of hydrogen-bond donors (Lipinski definition) is 0. The first kappa shape index (κ1) is 17.4. The number of hydrogen-bond acceptors (Lipinski definition) is 6. The molecule has 0 aliphatic carbocycles. The molecule has 2 aromatic heterocycles. The summed E-state index contributed by atoms with van der Waals surface area (Å²) >= 11 is 0. The van der Waals surface area contributed by atoms with Crippen molar-refractivity contribution in [3.8, 4) is 28.5 Å². The highest BCUT2D eigenvalue weighted by molar-refractivity contribution is 5.59. The number of non-ortho nitro benzene ring substituents is 1. The number of benzene rings is 2. The van der Waals surface area contributed by atoms with E-state index in [4.69, 9.17) is 4.74 Å². The molecule has 0 atom stereocenters. The highest BCUT2D eigenvalue weighted by atomic mass is 16.6. The minimum atomic E-state index is -0.429. The summed E-state index contributed by atoms with van der Waals surface area (Å²) in [7, 11) is 1.62. The van der Waals surface area contributed by atoms with Crippen molar-refractivity contribution in [2.45, 2.75) is 6.92 Å². The van der Waals surface area contributed by atoms with Crippen molar-refractivity contribution >= 4 is 5.69 Å². The minimum Gasteiger partial charge on any atom is -0.497 e. The van der Waals surface area contributed by atoms with Crippen LogP contribution in [0.4, 0.5) is 5.69 Å². The van der Waals surface area contributed by atoms with Gasteiger partial charge in [0.25, 0.3) is 5.69 Å². The highest BCUT2D eigenvalue weighted by Gasteiger charge is 2.12. The number of rotatable bonds is 5. The van der Waals surface area contributed by atoms with Crippen LogP contribution in [0, 0.1) is 17.0 Å². The van der Waals surface area contributed by atoms with E-state index in [0.717, 1.165) is 22.7 Å². The molecule has 0 spiro atoms. The van der Waals surface area contributed by atoms with Crippen molar-refractivity contribution in [3.63, 3.8) is 0 Å². The Bertz CT molecular complexity index is 1130. The van der Waals surface area contributed by atoms with Crippen molar-refractivity contribution < 1.29 is 9.66 Å². The van der Waals surface area contributed by atoms with Gasteiger partial charge in [-0.25, -0.2) is 4.68 Å². The molecule has 9 heteroatoms. The number of nitro benzene ring substituents is 1. The zero-order chi connectivity index (χ0) is 19.7. The van der Waals surface area contributed by atoms with Gasteiger partial charge < -0.3 is 4.74 Å². The maximum Gasteiger partial charge on any atom is 0.269 e. The van der Waals surface area contributed by atoms with Crippen molar-refractivity contribution in [1.82, 2.24) is 24.8 Å². The molecule has 0 fully saturated rings. The average Bonchev–Trinajstić information content (AvgIpc) is 3.35. The van der Waals surface area contributed by atoms with Gasteiger partial charge in [-0.2, -0.15) is 4.68 Å². The smallest absolute Gasteiger partial charge is 0.269 e. The zero-order valence-electron chi connectivity index (χ0n) is 15.2. The predicted molar refractivity (Wildman–Crippen MR) is 102 cm³/mol. The minimum absolute atomic E-state index is 0.0363. The van der Waals surface area contributed by atoms with Gasteiger partial charge in [-0.15, -0.1) is 10.2 Å². The lowest BCUT2D eigenvalue weighted by molar-refractivity contribution is -0.384. The van der Waals surface area contributed by atoms with Crippen LogP contribution in [0.15, 0.2) is 60.8 Å². The summed E-state index contributed by atoms with van der Waals surface area (Å²) in [4.78, 5) is 10.4. The van der Waals surface area contributed by atoms with Crippen LogP contribution in [-0.4, -0.2) is 36.8 Å². The topological polar surface area (TPSA) is 101 Å². The predicted octanol–water partition coefficient (Wildman–Crippen LogP) is 3.35. The molecule has 9 nitrogen and oxygen atoms in total. The lowest BCUT2D eigenvalue weighted by Crippen LogP contribution is -2.01. The molecule has 0 radical (unpaired) electrons. The SMILES string of the molecule is COc1ccc(-c2cn(-c3cc(C)n(-c4ccc([N+](=O)[O-])cc4)n3)nn2)cc1. The molecule has 0 N–H and O–H groups in total. The van der Waals surface area contributed by atoms with Crippen LogP contribution in [0.5, 0.6) is 5.75 Å². The standard InChI is InChI=1S/C19H16N6O3/c1-13-11-19(21-24(13)15-5-7-16(8-6-15)25(26)27)23-12-18(20-22-23)14-3-9-17(28-2)10-4-14/h3-12H,1-2H3. The maximum atomic E-state index is 10.8. The van der Waals surface area contributed by atoms with Crippen LogP contribution in [0.3, 0.4) is 0 Å². The van der Waals surface area contributed by atoms with Crippen LogP contribution < -0.4 is 4.74 Å². The molecule has 2 aromatic carbocycles. The monoisotopic (exact) mass is 376 g/mol. The van der Waals surface area contributed by atoms with Crippen LogP contribution in [0.25, 0.3) is 22.8 Å².